The van der Waals surface area contributed by atoms with Crippen molar-refractivity contribution < 1.29 is 4.79 Å². The van der Waals surface area contributed by atoms with Crippen LogP contribution in [0.15, 0.2) is 53.6 Å². The van der Waals surface area contributed by atoms with Crippen LogP contribution in [0.2, 0.25) is 5.02 Å². The molecule has 1 fully saturated rings. The Bertz CT molecular complexity index is 1090. The number of carbonyl (C=O) groups excluding carboxylic acids is 1. The van der Waals surface area contributed by atoms with E-state index in [1.54, 1.807) is 27.9 Å². The summed E-state index contributed by atoms with van der Waals surface area (Å²) in [4.78, 5) is 31.6. The number of likely N-dealkylation sites (tertiary alicyclic amines) is 1. The van der Waals surface area contributed by atoms with E-state index in [1.165, 1.54) is 0 Å². The molecule has 28 heavy (non-hydrogen) atoms. The molecule has 0 unspecified atom stereocenters. The number of carbonyl (C=O) groups is 1. The summed E-state index contributed by atoms with van der Waals surface area (Å²) in [5, 5.41) is 4.18. The van der Waals surface area contributed by atoms with Gasteiger partial charge in [-0.2, -0.15) is 0 Å². The van der Waals surface area contributed by atoms with Gasteiger partial charge in [0.15, 0.2) is 0 Å². The van der Waals surface area contributed by atoms with E-state index in [2.05, 4.69) is 10.3 Å². The van der Waals surface area contributed by atoms with Gasteiger partial charge < -0.3 is 10.2 Å². The molecule has 7 heteroatoms. The number of rotatable bonds is 2. The van der Waals surface area contributed by atoms with Gasteiger partial charge in [0.1, 0.15) is 0 Å². The molecule has 1 saturated heterocycles. The number of hydrogen-bond donors (Lipinski definition) is 1. The molecule has 0 spiro atoms. The fourth-order valence-electron chi connectivity index (χ4n) is 3.63. The Morgan fingerprint density at radius 2 is 1.89 bits per heavy atom. The molecule has 1 aliphatic heterocycles. The third-order valence-electron chi connectivity index (χ3n) is 5.34. The van der Waals surface area contributed by atoms with E-state index < -0.39 is 0 Å². The monoisotopic (exact) mass is 396 g/mol. The Kier molecular flexibility index (Phi) is 5.05. The van der Waals surface area contributed by atoms with Crippen molar-refractivity contribution in [2.75, 3.05) is 18.4 Å². The quantitative estimate of drug-likeness (QED) is 0.704. The Hall–Kier alpha value is -2.86. The zero-order chi connectivity index (χ0) is 19.7. The van der Waals surface area contributed by atoms with Gasteiger partial charge in [0, 0.05) is 29.8 Å². The van der Waals surface area contributed by atoms with E-state index in [0.717, 1.165) is 11.3 Å². The first-order valence-corrected chi connectivity index (χ1v) is 9.69. The number of nitrogens with zero attached hydrogens (tertiary/aromatic N) is 3. The average Bonchev–Trinajstić information content (AvgIpc) is 2.72. The summed E-state index contributed by atoms with van der Waals surface area (Å²) in [6, 6.07) is 12.7. The number of benzene rings is 2. The lowest BCUT2D eigenvalue weighted by molar-refractivity contribution is 0.182. The summed E-state index contributed by atoms with van der Waals surface area (Å²) in [5.74, 6) is 0. The van der Waals surface area contributed by atoms with Crippen molar-refractivity contribution in [2.24, 2.45) is 0 Å². The molecule has 0 bridgehead atoms. The molecule has 0 saturated carbocycles. The predicted molar refractivity (Wildman–Crippen MR) is 111 cm³/mol. The molecule has 144 valence electrons. The largest absolute Gasteiger partial charge is 0.324 e. The van der Waals surface area contributed by atoms with Crippen LogP contribution in [-0.4, -0.2) is 33.6 Å². The third kappa shape index (κ3) is 3.47. The molecule has 3 aromatic rings. The Morgan fingerprint density at radius 3 is 2.68 bits per heavy atom. The van der Waals surface area contributed by atoms with Gasteiger partial charge in [-0.05, 0) is 49.6 Å². The number of para-hydroxylation sites is 1. The second-order valence-electron chi connectivity index (χ2n) is 7.03. The van der Waals surface area contributed by atoms with Crippen LogP contribution in [0.25, 0.3) is 10.9 Å². The van der Waals surface area contributed by atoms with E-state index in [4.69, 9.17) is 11.6 Å². The van der Waals surface area contributed by atoms with Gasteiger partial charge in [-0.25, -0.2) is 9.78 Å². The first-order chi connectivity index (χ1) is 13.5. The van der Waals surface area contributed by atoms with E-state index in [1.807, 2.05) is 37.3 Å². The van der Waals surface area contributed by atoms with E-state index in [9.17, 15) is 9.59 Å². The van der Waals surface area contributed by atoms with Crippen molar-refractivity contribution in [3.8, 4) is 0 Å². The van der Waals surface area contributed by atoms with Gasteiger partial charge in [0.05, 0.1) is 17.2 Å². The summed E-state index contributed by atoms with van der Waals surface area (Å²) in [5.41, 5.74) is 2.25. The number of nitrogens with one attached hydrogen (secondary N) is 1. The van der Waals surface area contributed by atoms with Crippen LogP contribution in [0.5, 0.6) is 0 Å². The summed E-state index contributed by atoms with van der Waals surface area (Å²) >= 11 is 6.12. The molecule has 1 N–H and O–H groups in total. The Morgan fingerprint density at radius 1 is 1.14 bits per heavy atom. The lowest BCUT2D eigenvalue weighted by Crippen LogP contribution is -2.42. The van der Waals surface area contributed by atoms with Gasteiger partial charge in [0.2, 0.25) is 0 Å². The number of urea groups is 1. The van der Waals surface area contributed by atoms with Gasteiger partial charge in [-0.3, -0.25) is 9.36 Å². The van der Waals surface area contributed by atoms with Crippen LogP contribution < -0.4 is 10.9 Å². The molecule has 4 rings (SSSR count). The van der Waals surface area contributed by atoms with Crippen molar-refractivity contribution in [1.82, 2.24) is 14.5 Å². The van der Waals surface area contributed by atoms with Gasteiger partial charge >= 0.3 is 6.03 Å². The first kappa shape index (κ1) is 18.5. The highest BCUT2D eigenvalue weighted by Crippen LogP contribution is 2.25. The van der Waals surface area contributed by atoms with Crippen molar-refractivity contribution in [3.05, 3.63) is 69.7 Å². The highest BCUT2D eigenvalue weighted by atomic mass is 35.5. The van der Waals surface area contributed by atoms with Crippen LogP contribution in [0.4, 0.5) is 10.5 Å². The molecule has 0 aliphatic carbocycles. The van der Waals surface area contributed by atoms with E-state index in [-0.39, 0.29) is 17.6 Å². The highest BCUT2D eigenvalue weighted by Gasteiger charge is 2.25. The fraction of sp³-hybridized carbons (Fsp3) is 0.286. The smallest absolute Gasteiger partial charge is 0.321 e. The third-order valence-corrected chi connectivity index (χ3v) is 5.75. The lowest BCUT2D eigenvalue weighted by atomic mass is 10.0. The molecule has 2 aromatic carbocycles. The number of aromatic nitrogens is 2. The number of halogens is 1. The summed E-state index contributed by atoms with van der Waals surface area (Å²) in [6.45, 7) is 3.04. The maximum atomic E-state index is 12.8. The number of amides is 2. The minimum atomic E-state index is -0.146. The minimum absolute atomic E-state index is 0.0250. The van der Waals surface area contributed by atoms with Gasteiger partial charge in [-0.1, -0.05) is 29.8 Å². The molecule has 0 radical (unpaired) electrons. The normalized spacial score (nSPS) is 15.0. The molecule has 2 amide bonds. The molecular formula is C21H21ClN4O2. The zero-order valence-corrected chi connectivity index (χ0v) is 16.3. The summed E-state index contributed by atoms with van der Waals surface area (Å²) in [7, 11) is 0. The van der Waals surface area contributed by atoms with Crippen molar-refractivity contribution in [1.29, 1.82) is 0 Å². The first-order valence-electron chi connectivity index (χ1n) is 9.31. The summed E-state index contributed by atoms with van der Waals surface area (Å²) < 4.78 is 1.71. The molecule has 2 heterocycles. The number of anilines is 1. The predicted octanol–water partition coefficient (Wildman–Crippen LogP) is 4.23. The van der Waals surface area contributed by atoms with Gasteiger partial charge in [0.25, 0.3) is 5.56 Å². The fourth-order valence-corrected chi connectivity index (χ4v) is 3.80. The molecule has 6 nitrogen and oxygen atoms in total. The van der Waals surface area contributed by atoms with Crippen molar-refractivity contribution in [3.63, 3.8) is 0 Å². The van der Waals surface area contributed by atoms with Crippen LogP contribution in [0, 0.1) is 6.92 Å². The Balaban J connectivity index is 1.45. The summed E-state index contributed by atoms with van der Waals surface area (Å²) in [6.07, 6.45) is 3.05. The molecule has 1 aliphatic rings. The standard InChI is InChI=1S/C21H21ClN4O2/c1-14-17(22)6-4-8-18(14)24-21(28)25-11-9-15(10-12-25)26-13-23-19-7-3-2-5-16(19)20(26)27/h2-8,13,15H,9-12H2,1H3,(H,24,28). The number of piperidine rings is 1. The van der Waals surface area contributed by atoms with Crippen LogP contribution >= 0.6 is 11.6 Å². The van der Waals surface area contributed by atoms with Crippen LogP contribution in [0.1, 0.15) is 24.4 Å². The maximum Gasteiger partial charge on any atom is 0.321 e. The SMILES string of the molecule is Cc1c(Cl)cccc1NC(=O)N1CCC(n2cnc3ccccc3c2=O)CC1. The molecule has 0 atom stereocenters. The topological polar surface area (TPSA) is 67.2 Å². The highest BCUT2D eigenvalue weighted by molar-refractivity contribution is 6.31. The number of hydrogen-bond acceptors (Lipinski definition) is 3. The average molecular weight is 397 g/mol. The van der Waals surface area contributed by atoms with Crippen LogP contribution in [-0.2, 0) is 0 Å². The van der Waals surface area contributed by atoms with Gasteiger partial charge in [-0.15, -0.1) is 0 Å². The van der Waals surface area contributed by atoms with Crippen molar-refractivity contribution in [2.45, 2.75) is 25.8 Å². The lowest BCUT2D eigenvalue weighted by Gasteiger charge is -2.33. The number of fused-ring (bicyclic) bond motifs is 1. The van der Waals surface area contributed by atoms with Crippen LogP contribution in [0.3, 0.4) is 0 Å². The minimum Gasteiger partial charge on any atom is -0.324 e. The molecular weight excluding hydrogens is 376 g/mol. The Labute approximate surface area is 167 Å². The van der Waals surface area contributed by atoms with E-state index >= 15 is 0 Å². The zero-order valence-electron chi connectivity index (χ0n) is 15.6. The van der Waals surface area contributed by atoms with E-state index in [0.29, 0.717) is 41.9 Å². The second kappa shape index (κ2) is 7.64. The maximum absolute atomic E-state index is 12.8. The molecule has 1 aromatic heterocycles. The second-order valence-corrected chi connectivity index (χ2v) is 7.44. The van der Waals surface area contributed by atoms with Crippen molar-refractivity contribution >= 4 is 34.2 Å².